The first-order valence-electron chi connectivity index (χ1n) is 9.32. The van der Waals surface area contributed by atoms with Crippen LogP contribution in [0, 0.1) is 10.1 Å². The second-order valence-corrected chi connectivity index (χ2v) is 8.42. The third-order valence-electron chi connectivity index (χ3n) is 4.95. The number of ether oxygens (including phenoxy) is 1. The number of rotatable bonds is 3. The van der Waals surface area contributed by atoms with Crippen LogP contribution in [0.1, 0.15) is 40.5 Å². The number of anilines is 2. The molecule has 1 aliphatic heterocycles. The minimum Gasteiger partial charge on any atom is -0.444 e. The van der Waals surface area contributed by atoms with Gasteiger partial charge >= 0.3 is 6.09 Å². The van der Waals surface area contributed by atoms with E-state index in [9.17, 15) is 19.7 Å². The summed E-state index contributed by atoms with van der Waals surface area (Å²) >= 11 is 0. The predicted octanol–water partition coefficient (Wildman–Crippen LogP) is 3.14. The van der Waals surface area contributed by atoms with Crippen molar-refractivity contribution < 1.29 is 19.2 Å². The molecule has 2 fully saturated rings. The van der Waals surface area contributed by atoms with E-state index < -0.39 is 10.5 Å². The molecule has 2 aliphatic rings. The highest BCUT2D eigenvalue weighted by Crippen LogP contribution is 2.46. The Kier molecular flexibility index (Phi) is 4.95. The molecule has 9 heteroatoms. The summed E-state index contributed by atoms with van der Waals surface area (Å²) in [6.45, 7) is 8.49. The van der Waals surface area contributed by atoms with Crippen LogP contribution in [0.25, 0.3) is 0 Å². The topological polar surface area (TPSA) is 105 Å². The molecule has 1 aliphatic carbocycles. The summed E-state index contributed by atoms with van der Waals surface area (Å²) in [5.41, 5.74) is -0.0892. The molecular weight excluding hydrogens is 364 g/mol. The third-order valence-corrected chi connectivity index (χ3v) is 4.95. The van der Waals surface area contributed by atoms with Crippen molar-refractivity contribution in [1.29, 1.82) is 0 Å². The molecule has 3 rings (SSSR count). The van der Waals surface area contributed by atoms with E-state index in [0.717, 1.165) is 12.8 Å². The highest BCUT2D eigenvalue weighted by Gasteiger charge is 2.54. The SMILES string of the molecule is CC(=O)Nc1ccc(N2CCN(C(=O)OC(C)(C)C)C3(CC3)C2)cc1[N+](=O)[O-]. The smallest absolute Gasteiger partial charge is 0.410 e. The minimum atomic E-state index is -0.551. The van der Waals surface area contributed by atoms with Crippen molar-refractivity contribution in [3.8, 4) is 0 Å². The van der Waals surface area contributed by atoms with Crippen molar-refractivity contribution in [3.63, 3.8) is 0 Å². The van der Waals surface area contributed by atoms with E-state index >= 15 is 0 Å². The largest absolute Gasteiger partial charge is 0.444 e. The minimum absolute atomic E-state index is 0.146. The molecule has 2 amide bonds. The number of nitrogens with one attached hydrogen (secondary N) is 1. The van der Waals surface area contributed by atoms with E-state index in [4.69, 9.17) is 4.74 Å². The summed E-state index contributed by atoms with van der Waals surface area (Å²) in [6, 6.07) is 4.79. The number of nitro benzene ring substituents is 1. The van der Waals surface area contributed by atoms with Gasteiger partial charge in [0.05, 0.1) is 10.5 Å². The Labute approximate surface area is 163 Å². The first kappa shape index (κ1) is 19.9. The molecule has 1 saturated carbocycles. The van der Waals surface area contributed by atoms with Gasteiger partial charge in [0.15, 0.2) is 0 Å². The van der Waals surface area contributed by atoms with Gasteiger partial charge < -0.3 is 15.0 Å². The summed E-state index contributed by atoms with van der Waals surface area (Å²) in [5.74, 6) is -0.362. The molecule has 1 aromatic rings. The molecule has 0 unspecified atom stereocenters. The monoisotopic (exact) mass is 390 g/mol. The molecule has 0 radical (unpaired) electrons. The van der Waals surface area contributed by atoms with Gasteiger partial charge in [-0.1, -0.05) is 0 Å². The number of amides is 2. The summed E-state index contributed by atoms with van der Waals surface area (Å²) in [6.07, 6.45) is 1.46. The van der Waals surface area contributed by atoms with Crippen molar-refractivity contribution in [1.82, 2.24) is 4.90 Å². The number of carbonyl (C=O) groups excluding carboxylic acids is 2. The Bertz CT molecular complexity index is 813. The molecule has 1 spiro atoms. The fourth-order valence-electron chi connectivity index (χ4n) is 3.54. The highest BCUT2D eigenvalue weighted by atomic mass is 16.6. The zero-order chi connectivity index (χ0) is 20.7. The highest BCUT2D eigenvalue weighted by molar-refractivity contribution is 5.91. The van der Waals surface area contributed by atoms with Crippen molar-refractivity contribution in [2.24, 2.45) is 0 Å². The maximum Gasteiger partial charge on any atom is 0.410 e. The van der Waals surface area contributed by atoms with Crippen LogP contribution in [0.3, 0.4) is 0 Å². The Morgan fingerprint density at radius 1 is 1.25 bits per heavy atom. The summed E-state index contributed by atoms with van der Waals surface area (Å²) in [4.78, 5) is 38.6. The van der Waals surface area contributed by atoms with Gasteiger partial charge in [0.2, 0.25) is 5.91 Å². The quantitative estimate of drug-likeness (QED) is 0.628. The lowest BCUT2D eigenvalue weighted by Gasteiger charge is -2.43. The van der Waals surface area contributed by atoms with E-state index in [1.807, 2.05) is 20.8 Å². The fourth-order valence-corrected chi connectivity index (χ4v) is 3.54. The van der Waals surface area contributed by atoms with Gasteiger partial charge in [0, 0.05) is 38.3 Å². The zero-order valence-corrected chi connectivity index (χ0v) is 16.7. The van der Waals surface area contributed by atoms with Gasteiger partial charge in [-0.2, -0.15) is 0 Å². The maximum atomic E-state index is 12.6. The molecule has 1 aromatic carbocycles. The van der Waals surface area contributed by atoms with Crippen molar-refractivity contribution >= 4 is 29.1 Å². The fraction of sp³-hybridized carbons (Fsp3) is 0.579. The van der Waals surface area contributed by atoms with E-state index in [1.54, 1.807) is 17.0 Å². The van der Waals surface area contributed by atoms with Crippen LogP contribution in [0.4, 0.5) is 21.9 Å². The van der Waals surface area contributed by atoms with Crippen molar-refractivity contribution in [3.05, 3.63) is 28.3 Å². The van der Waals surface area contributed by atoms with Crippen molar-refractivity contribution in [2.45, 2.75) is 51.7 Å². The van der Waals surface area contributed by atoms with E-state index in [2.05, 4.69) is 10.2 Å². The van der Waals surface area contributed by atoms with Crippen LogP contribution in [0.5, 0.6) is 0 Å². The van der Waals surface area contributed by atoms with Gasteiger partial charge in [0.1, 0.15) is 11.3 Å². The van der Waals surface area contributed by atoms with Crippen LogP contribution in [0.2, 0.25) is 0 Å². The molecule has 0 atom stereocenters. The average Bonchev–Trinajstić information content (AvgIpc) is 3.32. The number of nitrogens with zero attached hydrogens (tertiary/aromatic N) is 3. The summed E-state index contributed by atoms with van der Waals surface area (Å²) in [7, 11) is 0. The first-order chi connectivity index (χ1) is 13.0. The van der Waals surface area contributed by atoms with Crippen molar-refractivity contribution in [2.75, 3.05) is 29.9 Å². The zero-order valence-electron chi connectivity index (χ0n) is 16.7. The van der Waals surface area contributed by atoms with Crippen LogP contribution >= 0.6 is 0 Å². The Balaban J connectivity index is 1.78. The Morgan fingerprint density at radius 2 is 1.93 bits per heavy atom. The number of hydrogen-bond donors (Lipinski definition) is 1. The van der Waals surface area contributed by atoms with E-state index in [1.165, 1.54) is 13.0 Å². The normalized spacial score (nSPS) is 18.0. The molecular formula is C19H26N4O5. The second kappa shape index (κ2) is 6.96. The van der Waals surface area contributed by atoms with Gasteiger partial charge in [-0.05, 0) is 45.7 Å². The first-order valence-corrected chi connectivity index (χ1v) is 9.32. The summed E-state index contributed by atoms with van der Waals surface area (Å²) < 4.78 is 5.54. The van der Waals surface area contributed by atoms with E-state index in [-0.39, 0.29) is 28.9 Å². The third kappa shape index (κ3) is 4.18. The molecule has 9 nitrogen and oxygen atoms in total. The van der Waals surface area contributed by atoms with Gasteiger partial charge in [-0.15, -0.1) is 0 Å². The number of piperazine rings is 1. The molecule has 1 heterocycles. The van der Waals surface area contributed by atoms with Crippen LogP contribution < -0.4 is 10.2 Å². The predicted molar refractivity (Wildman–Crippen MR) is 105 cm³/mol. The average molecular weight is 390 g/mol. The number of nitro groups is 1. The molecule has 152 valence electrons. The standard InChI is InChI=1S/C19H26N4O5/c1-13(24)20-15-6-5-14(11-16(15)23(26)27)21-9-10-22(19(12-21)7-8-19)17(25)28-18(2,3)4/h5-6,11H,7-10,12H2,1-4H3,(H,20,24). The molecule has 0 aromatic heterocycles. The molecule has 1 N–H and O–H groups in total. The molecule has 28 heavy (non-hydrogen) atoms. The molecule has 0 bridgehead atoms. The van der Waals surface area contributed by atoms with Gasteiger partial charge in [-0.3, -0.25) is 19.8 Å². The van der Waals surface area contributed by atoms with Crippen LogP contribution in [-0.4, -0.2) is 52.6 Å². The van der Waals surface area contributed by atoms with Gasteiger partial charge in [0.25, 0.3) is 5.69 Å². The Morgan fingerprint density at radius 3 is 2.46 bits per heavy atom. The molecule has 1 saturated heterocycles. The number of hydrogen-bond acceptors (Lipinski definition) is 6. The maximum absolute atomic E-state index is 12.6. The lowest BCUT2D eigenvalue weighted by molar-refractivity contribution is -0.383. The van der Waals surface area contributed by atoms with E-state index in [0.29, 0.717) is 25.3 Å². The lowest BCUT2D eigenvalue weighted by atomic mass is 10.1. The second-order valence-electron chi connectivity index (χ2n) is 8.42. The Hall–Kier alpha value is -2.84. The lowest BCUT2D eigenvalue weighted by Crippen LogP contribution is -2.58. The summed E-state index contributed by atoms with van der Waals surface area (Å²) in [5, 5.41) is 13.9. The van der Waals surface area contributed by atoms with Crippen LogP contribution in [-0.2, 0) is 9.53 Å². The number of carbonyl (C=O) groups is 2. The van der Waals surface area contributed by atoms with Gasteiger partial charge in [-0.25, -0.2) is 4.79 Å². The van der Waals surface area contributed by atoms with Crippen LogP contribution in [0.15, 0.2) is 18.2 Å². The number of benzene rings is 1.